The standard InChI is InChI=1S/C26H26N6O2S2/c1-4-20(24(34)30-25-18(13-27)17-7-5-6-8-21(17)35-25)36-26-29-22(19(14-28)23(33)31-26)15-9-11-16(12-10-15)32(2)3/h9-12,20H,4-8H2,1-3H3,(H,30,34)(H,29,31,33)/t20-/m0/s1. The lowest BCUT2D eigenvalue weighted by Gasteiger charge is -2.15. The number of nitrogens with zero attached hydrogens (tertiary/aromatic N) is 4. The maximum Gasteiger partial charge on any atom is 0.270 e. The summed E-state index contributed by atoms with van der Waals surface area (Å²) in [5.41, 5.74) is 2.91. The summed E-state index contributed by atoms with van der Waals surface area (Å²) in [7, 11) is 3.85. The van der Waals surface area contributed by atoms with E-state index >= 15 is 0 Å². The Bertz CT molecular complexity index is 1430. The average Bonchev–Trinajstić information content (AvgIpc) is 3.23. The summed E-state index contributed by atoms with van der Waals surface area (Å²) in [6, 6.07) is 11.6. The molecule has 0 bridgehead atoms. The van der Waals surface area contributed by atoms with Crippen LogP contribution in [0.3, 0.4) is 0 Å². The Hall–Kier alpha value is -3.60. The number of carbonyl (C=O) groups is 1. The molecule has 8 nitrogen and oxygen atoms in total. The van der Waals surface area contributed by atoms with E-state index in [0.717, 1.165) is 48.7 Å². The number of aryl methyl sites for hydroxylation is 1. The number of amides is 1. The van der Waals surface area contributed by atoms with Gasteiger partial charge in [-0.15, -0.1) is 11.3 Å². The van der Waals surface area contributed by atoms with Crippen LogP contribution in [-0.4, -0.2) is 35.2 Å². The highest BCUT2D eigenvalue weighted by atomic mass is 32.2. The van der Waals surface area contributed by atoms with Crippen LogP contribution in [0.15, 0.2) is 34.2 Å². The summed E-state index contributed by atoms with van der Waals surface area (Å²) in [4.78, 5) is 36.2. The molecule has 10 heteroatoms. The van der Waals surface area contributed by atoms with Crippen molar-refractivity contribution in [3.8, 4) is 23.4 Å². The molecule has 0 saturated heterocycles. The van der Waals surface area contributed by atoms with E-state index < -0.39 is 10.8 Å². The molecule has 184 valence electrons. The maximum absolute atomic E-state index is 13.2. The first-order valence-corrected chi connectivity index (χ1v) is 13.4. The molecular formula is C26H26N6O2S2. The van der Waals surface area contributed by atoms with E-state index in [1.54, 1.807) is 0 Å². The molecule has 2 N–H and O–H groups in total. The van der Waals surface area contributed by atoms with Gasteiger partial charge in [-0.05, 0) is 49.8 Å². The zero-order valence-corrected chi connectivity index (χ0v) is 22.0. The van der Waals surface area contributed by atoms with E-state index in [-0.39, 0.29) is 22.3 Å². The minimum Gasteiger partial charge on any atom is -0.378 e. The fourth-order valence-corrected chi connectivity index (χ4v) is 6.30. The van der Waals surface area contributed by atoms with E-state index in [1.807, 2.05) is 56.3 Å². The van der Waals surface area contributed by atoms with Crippen LogP contribution in [0.2, 0.25) is 0 Å². The van der Waals surface area contributed by atoms with Crippen molar-refractivity contribution in [1.82, 2.24) is 9.97 Å². The number of thiophene rings is 1. The van der Waals surface area contributed by atoms with Gasteiger partial charge in [0.1, 0.15) is 22.7 Å². The normalized spacial score (nSPS) is 13.2. The zero-order chi connectivity index (χ0) is 25.8. The summed E-state index contributed by atoms with van der Waals surface area (Å²) in [5.74, 6) is -0.249. The average molecular weight is 519 g/mol. The van der Waals surface area contributed by atoms with Crippen LogP contribution in [0.5, 0.6) is 0 Å². The van der Waals surface area contributed by atoms with Crippen LogP contribution in [-0.2, 0) is 17.6 Å². The summed E-state index contributed by atoms with van der Waals surface area (Å²) in [6.45, 7) is 1.88. The van der Waals surface area contributed by atoms with Gasteiger partial charge in [0, 0.05) is 30.2 Å². The molecule has 1 aromatic carbocycles. The molecule has 2 heterocycles. The second kappa shape index (κ2) is 11.0. The number of nitriles is 2. The smallest absolute Gasteiger partial charge is 0.270 e. The lowest BCUT2D eigenvalue weighted by atomic mass is 9.96. The van der Waals surface area contributed by atoms with Gasteiger partial charge in [0.25, 0.3) is 5.56 Å². The molecule has 3 aromatic rings. The van der Waals surface area contributed by atoms with Gasteiger partial charge in [-0.2, -0.15) is 10.5 Å². The molecule has 4 rings (SSSR count). The Balaban J connectivity index is 1.60. The van der Waals surface area contributed by atoms with Crippen LogP contribution in [0.25, 0.3) is 11.3 Å². The Labute approximate surface area is 218 Å². The second-order valence-electron chi connectivity index (χ2n) is 8.68. The molecular weight excluding hydrogens is 492 g/mol. The highest BCUT2D eigenvalue weighted by Gasteiger charge is 2.26. The van der Waals surface area contributed by atoms with Gasteiger partial charge >= 0.3 is 0 Å². The van der Waals surface area contributed by atoms with Crippen LogP contribution in [0.4, 0.5) is 10.7 Å². The van der Waals surface area contributed by atoms with Gasteiger partial charge < -0.3 is 15.2 Å². The monoisotopic (exact) mass is 518 g/mol. The summed E-state index contributed by atoms with van der Waals surface area (Å²) in [5, 5.41) is 22.5. The van der Waals surface area contributed by atoms with E-state index in [4.69, 9.17) is 0 Å². The quantitative estimate of drug-likeness (QED) is 0.343. The third-order valence-corrected chi connectivity index (χ3v) is 8.56. The lowest BCUT2D eigenvalue weighted by Crippen LogP contribution is -2.25. The molecule has 0 unspecified atom stereocenters. The maximum atomic E-state index is 13.2. The largest absolute Gasteiger partial charge is 0.378 e. The predicted octanol–water partition coefficient (Wildman–Crippen LogP) is 4.70. The molecule has 0 spiro atoms. The number of H-pyrrole nitrogens is 1. The molecule has 0 fully saturated rings. The molecule has 0 saturated carbocycles. The Morgan fingerprint density at radius 2 is 1.89 bits per heavy atom. The number of anilines is 2. The number of hydrogen-bond donors (Lipinski definition) is 2. The number of hydrogen-bond acceptors (Lipinski definition) is 8. The van der Waals surface area contributed by atoms with Crippen molar-refractivity contribution in [2.45, 2.75) is 49.4 Å². The van der Waals surface area contributed by atoms with Gasteiger partial charge in [0.15, 0.2) is 5.16 Å². The third-order valence-electron chi connectivity index (χ3n) is 6.10. The highest BCUT2D eigenvalue weighted by molar-refractivity contribution is 8.00. The van der Waals surface area contributed by atoms with E-state index in [1.165, 1.54) is 16.2 Å². The summed E-state index contributed by atoms with van der Waals surface area (Å²) in [6.07, 6.45) is 4.44. The minimum absolute atomic E-state index is 0.0720. The van der Waals surface area contributed by atoms with Crippen molar-refractivity contribution in [1.29, 1.82) is 10.5 Å². The number of aromatic amines is 1. The van der Waals surface area contributed by atoms with Crippen molar-refractivity contribution in [2.24, 2.45) is 0 Å². The van der Waals surface area contributed by atoms with Crippen LogP contribution in [0.1, 0.15) is 47.8 Å². The molecule has 1 atom stereocenters. The van der Waals surface area contributed by atoms with E-state index in [9.17, 15) is 20.1 Å². The van der Waals surface area contributed by atoms with Crippen LogP contribution >= 0.6 is 23.1 Å². The Morgan fingerprint density at radius 1 is 1.19 bits per heavy atom. The lowest BCUT2D eigenvalue weighted by molar-refractivity contribution is -0.115. The fourth-order valence-electron chi connectivity index (χ4n) is 4.16. The number of aromatic nitrogens is 2. The molecule has 36 heavy (non-hydrogen) atoms. The summed E-state index contributed by atoms with van der Waals surface area (Å²) >= 11 is 2.62. The SMILES string of the molecule is CC[C@H](Sc1nc(-c2ccc(N(C)C)cc2)c(C#N)c(=O)[nH]1)C(=O)Nc1sc2c(c1C#N)CCCC2. The topological polar surface area (TPSA) is 126 Å². The van der Waals surface area contributed by atoms with Gasteiger partial charge in [-0.25, -0.2) is 4.98 Å². The predicted molar refractivity (Wildman–Crippen MR) is 144 cm³/mol. The summed E-state index contributed by atoms with van der Waals surface area (Å²) < 4.78 is 0. The number of fused-ring (bicyclic) bond motifs is 1. The second-order valence-corrected chi connectivity index (χ2v) is 11.0. The zero-order valence-electron chi connectivity index (χ0n) is 20.3. The number of nitrogens with one attached hydrogen (secondary N) is 2. The van der Waals surface area contributed by atoms with Crippen molar-refractivity contribution >= 4 is 39.7 Å². The van der Waals surface area contributed by atoms with Crippen molar-refractivity contribution in [3.63, 3.8) is 0 Å². The third kappa shape index (κ3) is 5.15. The van der Waals surface area contributed by atoms with Crippen LogP contribution < -0.4 is 15.8 Å². The van der Waals surface area contributed by atoms with Gasteiger partial charge in [0.05, 0.1) is 16.5 Å². The molecule has 0 radical (unpaired) electrons. The van der Waals surface area contributed by atoms with Gasteiger partial charge in [0.2, 0.25) is 5.91 Å². The van der Waals surface area contributed by atoms with Crippen LogP contribution in [0, 0.1) is 22.7 Å². The van der Waals surface area contributed by atoms with Crippen molar-refractivity contribution in [2.75, 3.05) is 24.3 Å². The number of carbonyl (C=O) groups excluding carboxylic acids is 1. The molecule has 2 aromatic heterocycles. The van der Waals surface area contributed by atoms with Gasteiger partial charge in [-0.3, -0.25) is 9.59 Å². The van der Waals surface area contributed by atoms with E-state index in [2.05, 4.69) is 21.4 Å². The Morgan fingerprint density at radius 3 is 2.53 bits per heavy atom. The molecule has 0 aliphatic heterocycles. The first-order chi connectivity index (χ1) is 17.4. The molecule has 1 aliphatic carbocycles. The van der Waals surface area contributed by atoms with Crippen molar-refractivity contribution < 1.29 is 4.79 Å². The molecule has 1 amide bonds. The number of thioether (sulfide) groups is 1. The fraction of sp³-hybridized carbons (Fsp3) is 0.346. The minimum atomic E-state index is -0.547. The first-order valence-electron chi connectivity index (χ1n) is 11.7. The highest BCUT2D eigenvalue weighted by Crippen LogP contribution is 2.38. The molecule has 1 aliphatic rings. The van der Waals surface area contributed by atoms with Gasteiger partial charge in [-0.1, -0.05) is 30.8 Å². The Kier molecular flexibility index (Phi) is 7.78. The first kappa shape index (κ1) is 25.5. The van der Waals surface area contributed by atoms with E-state index in [0.29, 0.717) is 22.5 Å². The van der Waals surface area contributed by atoms with Crippen molar-refractivity contribution in [3.05, 3.63) is 56.2 Å². The number of benzene rings is 1. The number of rotatable bonds is 7.